The van der Waals surface area contributed by atoms with Crippen molar-refractivity contribution in [1.29, 1.82) is 0 Å². The topological polar surface area (TPSA) is 94.2 Å². The van der Waals surface area contributed by atoms with Gasteiger partial charge in [-0.05, 0) is 66.4 Å². The van der Waals surface area contributed by atoms with Crippen LogP contribution < -0.4 is 23.8 Å². The first-order chi connectivity index (χ1) is 17.7. The molecule has 0 heterocycles. The van der Waals surface area contributed by atoms with Gasteiger partial charge in [-0.25, -0.2) is 8.42 Å². The Morgan fingerprint density at radius 1 is 0.838 bits per heavy atom. The molecule has 0 radical (unpaired) electrons. The Morgan fingerprint density at radius 3 is 1.95 bits per heavy atom. The molecule has 9 heteroatoms. The number of nitrogens with zero attached hydrogens (tertiary/aromatic N) is 1. The molecule has 198 valence electrons. The van der Waals surface area contributed by atoms with Crippen LogP contribution in [0.4, 0.5) is 5.69 Å². The van der Waals surface area contributed by atoms with Gasteiger partial charge in [-0.15, -0.1) is 0 Å². The highest BCUT2D eigenvalue weighted by atomic mass is 32.2. The van der Waals surface area contributed by atoms with Gasteiger partial charge in [0.1, 0.15) is 23.8 Å². The number of para-hydroxylation sites is 2. The summed E-state index contributed by atoms with van der Waals surface area (Å²) in [5.74, 6) is 1.43. The van der Waals surface area contributed by atoms with Crippen molar-refractivity contribution in [3.05, 3.63) is 78.4 Å². The quantitative estimate of drug-likeness (QED) is 0.364. The third kappa shape index (κ3) is 6.95. The normalized spacial score (nSPS) is 12.1. The number of methoxy groups -OCH3 is 3. The molecule has 3 aromatic rings. The van der Waals surface area contributed by atoms with E-state index in [2.05, 4.69) is 19.2 Å². The van der Waals surface area contributed by atoms with Crippen molar-refractivity contribution >= 4 is 21.6 Å². The average molecular weight is 527 g/mol. The average Bonchev–Trinajstić information content (AvgIpc) is 2.91. The van der Waals surface area contributed by atoms with Gasteiger partial charge in [0.25, 0.3) is 10.0 Å². The Kier molecular flexibility index (Phi) is 9.41. The van der Waals surface area contributed by atoms with Crippen molar-refractivity contribution in [2.45, 2.75) is 31.2 Å². The highest BCUT2D eigenvalue weighted by molar-refractivity contribution is 7.92. The Labute approximate surface area is 219 Å². The highest BCUT2D eigenvalue weighted by Crippen LogP contribution is 2.33. The Hall–Kier alpha value is -3.72. The number of rotatable bonds is 12. The fourth-order valence-electron chi connectivity index (χ4n) is 3.97. The largest absolute Gasteiger partial charge is 0.497 e. The number of sulfonamides is 1. The fraction of sp³-hybridized carbons (Fsp3) is 0.321. The SMILES string of the molecule is COc1ccc([C@H](CC(C)C)NC(=O)CN(c2ccccc2OC)S(=O)(=O)c2ccc(OC)cc2)cc1. The van der Waals surface area contributed by atoms with Gasteiger partial charge in [0.15, 0.2) is 0 Å². The minimum Gasteiger partial charge on any atom is -0.497 e. The number of hydrogen-bond donors (Lipinski definition) is 1. The molecule has 8 nitrogen and oxygen atoms in total. The molecular formula is C28H34N2O6S. The zero-order valence-electron chi connectivity index (χ0n) is 21.8. The molecule has 3 rings (SSSR count). The number of carbonyl (C=O) groups is 1. The second kappa shape index (κ2) is 12.5. The fourth-order valence-corrected chi connectivity index (χ4v) is 5.40. The van der Waals surface area contributed by atoms with E-state index >= 15 is 0 Å². The van der Waals surface area contributed by atoms with Gasteiger partial charge < -0.3 is 19.5 Å². The van der Waals surface area contributed by atoms with Gasteiger partial charge in [0.05, 0.1) is 38.0 Å². The smallest absolute Gasteiger partial charge is 0.264 e. The van der Waals surface area contributed by atoms with Gasteiger partial charge in [0.2, 0.25) is 5.91 Å². The highest BCUT2D eigenvalue weighted by Gasteiger charge is 2.30. The van der Waals surface area contributed by atoms with Crippen LogP contribution in [-0.4, -0.2) is 42.2 Å². The Balaban J connectivity index is 1.96. The summed E-state index contributed by atoms with van der Waals surface area (Å²) in [7, 11) is 0.440. The Morgan fingerprint density at radius 2 is 1.41 bits per heavy atom. The van der Waals surface area contributed by atoms with Crippen LogP contribution in [0, 0.1) is 5.92 Å². The molecular weight excluding hydrogens is 492 g/mol. The zero-order valence-corrected chi connectivity index (χ0v) is 22.6. The van der Waals surface area contributed by atoms with E-state index in [-0.39, 0.29) is 16.6 Å². The molecule has 0 aliphatic heterocycles. The van der Waals surface area contributed by atoms with Crippen LogP contribution in [-0.2, 0) is 14.8 Å². The molecule has 3 aromatic carbocycles. The second-order valence-corrected chi connectivity index (χ2v) is 10.7. The molecule has 1 atom stereocenters. The molecule has 1 N–H and O–H groups in total. The van der Waals surface area contributed by atoms with Gasteiger partial charge in [-0.1, -0.05) is 38.1 Å². The van der Waals surface area contributed by atoms with E-state index in [9.17, 15) is 13.2 Å². The molecule has 0 spiro atoms. The molecule has 0 aliphatic carbocycles. The van der Waals surface area contributed by atoms with Crippen LogP contribution >= 0.6 is 0 Å². The number of ether oxygens (including phenoxy) is 3. The summed E-state index contributed by atoms with van der Waals surface area (Å²) in [5.41, 5.74) is 1.17. The summed E-state index contributed by atoms with van der Waals surface area (Å²) in [6, 6.07) is 19.9. The van der Waals surface area contributed by atoms with Crippen LogP contribution in [0.1, 0.15) is 31.9 Å². The lowest BCUT2D eigenvalue weighted by molar-refractivity contribution is -0.120. The summed E-state index contributed by atoms with van der Waals surface area (Å²) in [4.78, 5) is 13.4. The van der Waals surface area contributed by atoms with Crippen molar-refractivity contribution in [1.82, 2.24) is 5.32 Å². The predicted molar refractivity (Wildman–Crippen MR) is 144 cm³/mol. The second-order valence-electron chi connectivity index (χ2n) is 8.88. The van der Waals surface area contributed by atoms with Crippen molar-refractivity contribution in [3.63, 3.8) is 0 Å². The number of nitrogens with one attached hydrogen (secondary N) is 1. The molecule has 0 unspecified atom stereocenters. The molecule has 0 saturated carbocycles. The summed E-state index contributed by atoms with van der Waals surface area (Å²) in [6.45, 7) is 3.70. The molecule has 0 saturated heterocycles. The number of benzene rings is 3. The van der Waals surface area contributed by atoms with Crippen LogP contribution in [0.15, 0.2) is 77.7 Å². The minimum atomic E-state index is -4.12. The third-order valence-corrected chi connectivity index (χ3v) is 7.62. The van der Waals surface area contributed by atoms with E-state index < -0.39 is 22.5 Å². The van der Waals surface area contributed by atoms with E-state index in [0.29, 0.717) is 29.6 Å². The van der Waals surface area contributed by atoms with Crippen molar-refractivity contribution < 1.29 is 27.4 Å². The van der Waals surface area contributed by atoms with Gasteiger partial charge in [-0.2, -0.15) is 0 Å². The predicted octanol–water partition coefficient (Wildman–Crippen LogP) is 4.81. The van der Waals surface area contributed by atoms with Crippen molar-refractivity contribution in [3.8, 4) is 17.2 Å². The lowest BCUT2D eigenvalue weighted by Crippen LogP contribution is -2.42. The summed E-state index contributed by atoms with van der Waals surface area (Å²) in [6.07, 6.45) is 0.679. The lowest BCUT2D eigenvalue weighted by Gasteiger charge is -2.27. The van der Waals surface area contributed by atoms with Gasteiger partial charge in [0, 0.05) is 0 Å². The van der Waals surface area contributed by atoms with E-state index in [1.807, 2.05) is 24.3 Å². The maximum atomic E-state index is 13.8. The summed E-state index contributed by atoms with van der Waals surface area (Å²) < 4.78 is 44.5. The lowest BCUT2D eigenvalue weighted by atomic mass is 9.97. The van der Waals surface area contributed by atoms with Crippen molar-refractivity contribution in [2.75, 3.05) is 32.2 Å². The molecule has 1 amide bonds. The first-order valence-corrected chi connectivity index (χ1v) is 13.4. The molecule has 0 fully saturated rings. The first kappa shape index (κ1) is 27.9. The molecule has 0 aromatic heterocycles. The monoisotopic (exact) mass is 526 g/mol. The number of anilines is 1. The van der Waals surface area contributed by atoms with Crippen molar-refractivity contribution in [2.24, 2.45) is 5.92 Å². The van der Waals surface area contributed by atoms with E-state index in [1.54, 1.807) is 43.5 Å². The maximum absolute atomic E-state index is 13.8. The molecule has 0 aliphatic rings. The van der Waals surface area contributed by atoms with Crippen LogP contribution in [0.2, 0.25) is 0 Å². The van der Waals surface area contributed by atoms with E-state index in [4.69, 9.17) is 14.2 Å². The van der Waals surface area contributed by atoms with Crippen LogP contribution in [0.3, 0.4) is 0 Å². The van der Waals surface area contributed by atoms with E-state index in [1.165, 1.54) is 26.4 Å². The standard InChI is InChI=1S/C28H34N2O6S/c1-20(2)18-25(21-10-12-22(34-3)13-11-21)29-28(31)19-30(26-8-6-7-9-27(26)36-5)37(32,33)24-16-14-23(35-4)15-17-24/h6-17,20,25H,18-19H2,1-5H3,(H,29,31)/t25-/m0/s1. The Bertz CT molecular complexity index is 1270. The summed E-state index contributed by atoms with van der Waals surface area (Å²) >= 11 is 0. The van der Waals surface area contributed by atoms with Gasteiger partial charge >= 0.3 is 0 Å². The van der Waals surface area contributed by atoms with Gasteiger partial charge in [-0.3, -0.25) is 9.10 Å². The number of hydrogen-bond acceptors (Lipinski definition) is 6. The van der Waals surface area contributed by atoms with Crippen LogP contribution in [0.5, 0.6) is 17.2 Å². The third-order valence-electron chi connectivity index (χ3n) is 5.85. The number of carbonyl (C=O) groups excluding carboxylic acids is 1. The zero-order chi connectivity index (χ0) is 27.0. The molecule has 0 bridgehead atoms. The van der Waals surface area contributed by atoms with E-state index in [0.717, 1.165) is 9.87 Å². The number of amides is 1. The maximum Gasteiger partial charge on any atom is 0.264 e. The van der Waals surface area contributed by atoms with Crippen LogP contribution in [0.25, 0.3) is 0 Å². The molecule has 37 heavy (non-hydrogen) atoms. The first-order valence-electron chi connectivity index (χ1n) is 11.9. The minimum absolute atomic E-state index is 0.0286. The summed E-state index contributed by atoms with van der Waals surface area (Å²) in [5, 5.41) is 3.03.